The van der Waals surface area contributed by atoms with E-state index in [-0.39, 0.29) is 22.8 Å². The summed E-state index contributed by atoms with van der Waals surface area (Å²) >= 11 is 1.08. The number of para-hydroxylation sites is 1. The maximum Gasteiger partial charge on any atom is 0.418 e. The number of nitro benzene ring substituents is 1. The molecule has 0 aliphatic carbocycles. The molecule has 0 unspecified atom stereocenters. The van der Waals surface area contributed by atoms with E-state index in [1.165, 1.54) is 48.5 Å². The second-order valence-electron chi connectivity index (χ2n) is 9.09. The highest BCUT2D eigenvalue weighted by molar-refractivity contribution is 8.00. The lowest BCUT2D eigenvalue weighted by molar-refractivity contribution is -0.384. The molecule has 0 spiro atoms. The van der Waals surface area contributed by atoms with Crippen LogP contribution >= 0.6 is 11.8 Å². The molecule has 0 saturated heterocycles. The normalized spacial score (nSPS) is 11.4. The summed E-state index contributed by atoms with van der Waals surface area (Å²) in [4.78, 5) is 49.3. The van der Waals surface area contributed by atoms with Gasteiger partial charge in [-0.25, -0.2) is 0 Å². The van der Waals surface area contributed by atoms with Crippen molar-refractivity contribution in [2.45, 2.75) is 11.1 Å². The number of nitrogens with one attached hydrogen (secondary N) is 3. The van der Waals surface area contributed by atoms with E-state index in [1.807, 2.05) is 0 Å². The van der Waals surface area contributed by atoms with Crippen LogP contribution in [0.15, 0.2) is 114 Å². The Morgan fingerprint density at radius 2 is 1.45 bits per heavy atom. The van der Waals surface area contributed by atoms with E-state index >= 15 is 0 Å². The van der Waals surface area contributed by atoms with Crippen molar-refractivity contribution in [2.24, 2.45) is 0 Å². The Bertz CT molecular complexity index is 1690. The number of benzene rings is 4. The van der Waals surface area contributed by atoms with Crippen LogP contribution in [0.2, 0.25) is 0 Å². The van der Waals surface area contributed by atoms with Crippen LogP contribution in [0.4, 0.5) is 30.2 Å². The number of anilines is 2. The average molecular weight is 621 g/mol. The van der Waals surface area contributed by atoms with Crippen LogP contribution in [0.1, 0.15) is 21.5 Å². The Morgan fingerprint density at radius 3 is 2.09 bits per heavy atom. The lowest BCUT2D eigenvalue weighted by Gasteiger charge is -2.13. The van der Waals surface area contributed by atoms with Crippen molar-refractivity contribution < 1.29 is 32.5 Å². The number of thioether (sulfide) groups is 1. The molecule has 224 valence electrons. The Labute approximate surface area is 253 Å². The van der Waals surface area contributed by atoms with Gasteiger partial charge in [-0.05, 0) is 72.3 Å². The third-order valence-corrected chi connectivity index (χ3v) is 6.94. The standard InChI is InChI=1S/C31H23F3N4O5S/c32-31(33,34)25-8-4-5-9-26(25)36-28(39)19-44-24-16-12-22(13-17-24)35-30(41)27(37-29(40)21-6-2-1-3-7-21)18-20-10-14-23(15-11-20)38(42)43/h1-18H,19H2,(H,35,41)(H,36,39)(H,37,40)/b27-18-. The van der Waals surface area contributed by atoms with Gasteiger partial charge in [-0.1, -0.05) is 30.3 Å². The van der Waals surface area contributed by atoms with Gasteiger partial charge in [-0.2, -0.15) is 13.2 Å². The Kier molecular flexibility index (Phi) is 10.1. The molecule has 0 radical (unpaired) electrons. The van der Waals surface area contributed by atoms with Gasteiger partial charge < -0.3 is 16.0 Å². The zero-order valence-corrected chi connectivity index (χ0v) is 23.4. The highest BCUT2D eigenvalue weighted by atomic mass is 32.2. The molecule has 44 heavy (non-hydrogen) atoms. The van der Waals surface area contributed by atoms with Gasteiger partial charge in [0, 0.05) is 28.3 Å². The van der Waals surface area contributed by atoms with E-state index in [0.29, 0.717) is 21.7 Å². The second-order valence-corrected chi connectivity index (χ2v) is 10.1. The molecule has 0 fully saturated rings. The molecule has 13 heteroatoms. The van der Waals surface area contributed by atoms with Crippen LogP contribution in [0.3, 0.4) is 0 Å². The number of hydrogen-bond acceptors (Lipinski definition) is 6. The van der Waals surface area contributed by atoms with Crippen LogP contribution in [0.5, 0.6) is 0 Å². The summed E-state index contributed by atoms with van der Waals surface area (Å²) < 4.78 is 39.6. The fourth-order valence-corrected chi connectivity index (χ4v) is 4.51. The van der Waals surface area contributed by atoms with E-state index in [9.17, 15) is 37.7 Å². The minimum Gasteiger partial charge on any atom is -0.325 e. The van der Waals surface area contributed by atoms with E-state index in [0.717, 1.165) is 17.8 Å². The first kappa shape index (κ1) is 31.5. The molecular weight excluding hydrogens is 597 g/mol. The summed E-state index contributed by atoms with van der Waals surface area (Å²) in [5.74, 6) is -2.00. The smallest absolute Gasteiger partial charge is 0.325 e. The maximum absolute atomic E-state index is 13.2. The molecule has 9 nitrogen and oxygen atoms in total. The summed E-state index contributed by atoms with van der Waals surface area (Å²) in [6.45, 7) is 0. The predicted molar refractivity (Wildman–Crippen MR) is 161 cm³/mol. The van der Waals surface area contributed by atoms with E-state index in [1.54, 1.807) is 54.6 Å². The van der Waals surface area contributed by atoms with Crippen molar-refractivity contribution >= 4 is 52.6 Å². The summed E-state index contributed by atoms with van der Waals surface area (Å²) in [5, 5.41) is 18.5. The predicted octanol–water partition coefficient (Wildman–Crippen LogP) is 6.75. The molecule has 3 amide bonds. The molecule has 3 N–H and O–H groups in total. The van der Waals surface area contributed by atoms with Gasteiger partial charge in [-0.15, -0.1) is 11.8 Å². The largest absolute Gasteiger partial charge is 0.418 e. The van der Waals surface area contributed by atoms with Crippen molar-refractivity contribution in [3.8, 4) is 0 Å². The molecule has 0 atom stereocenters. The second kappa shape index (κ2) is 14.2. The van der Waals surface area contributed by atoms with Crippen molar-refractivity contribution in [3.63, 3.8) is 0 Å². The summed E-state index contributed by atoms with van der Waals surface area (Å²) in [7, 11) is 0. The first-order valence-corrected chi connectivity index (χ1v) is 13.8. The Balaban J connectivity index is 1.42. The van der Waals surface area contributed by atoms with Crippen LogP contribution in [0.25, 0.3) is 6.08 Å². The highest BCUT2D eigenvalue weighted by Gasteiger charge is 2.33. The molecule has 0 saturated carbocycles. The van der Waals surface area contributed by atoms with Crippen molar-refractivity contribution in [2.75, 3.05) is 16.4 Å². The topological polar surface area (TPSA) is 130 Å². The van der Waals surface area contributed by atoms with Gasteiger partial charge in [0.25, 0.3) is 17.5 Å². The number of alkyl halides is 3. The number of halogens is 3. The number of rotatable bonds is 10. The zero-order chi connectivity index (χ0) is 31.7. The number of nitro groups is 1. The lowest BCUT2D eigenvalue weighted by Crippen LogP contribution is -2.30. The van der Waals surface area contributed by atoms with Gasteiger partial charge >= 0.3 is 6.18 Å². The SMILES string of the molecule is O=C(CSc1ccc(NC(=O)/C(=C/c2ccc([N+](=O)[O-])cc2)NC(=O)c2ccccc2)cc1)Nc1ccccc1C(F)(F)F. The minimum absolute atomic E-state index is 0.123. The summed E-state index contributed by atoms with van der Waals surface area (Å²) in [6.07, 6.45) is -3.24. The highest BCUT2D eigenvalue weighted by Crippen LogP contribution is 2.34. The lowest BCUT2D eigenvalue weighted by atomic mass is 10.1. The van der Waals surface area contributed by atoms with Gasteiger partial charge in [0.05, 0.1) is 21.9 Å². The first-order chi connectivity index (χ1) is 21.0. The van der Waals surface area contributed by atoms with Gasteiger partial charge in [0.2, 0.25) is 5.91 Å². The van der Waals surface area contributed by atoms with Gasteiger partial charge in [0.15, 0.2) is 0 Å². The summed E-state index contributed by atoms with van der Waals surface area (Å²) in [5.41, 5.74) is -0.448. The molecule has 0 heterocycles. The number of amides is 3. The molecule has 0 aliphatic rings. The minimum atomic E-state index is -4.61. The third kappa shape index (κ3) is 8.79. The molecule has 4 aromatic carbocycles. The number of nitrogens with zero attached hydrogens (tertiary/aromatic N) is 1. The number of non-ortho nitro benzene ring substituents is 1. The Morgan fingerprint density at radius 1 is 0.818 bits per heavy atom. The van der Waals surface area contributed by atoms with Crippen molar-refractivity contribution in [3.05, 3.63) is 136 Å². The molecule has 4 aromatic rings. The molecule has 0 aliphatic heterocycles. The van der Waals surface area contributed by atoms with E-state index in [2.05, 4.69) is 16.0 Å². The van der Waals surface area contributed by atoms with Crippen LogP contribution < -0.4 is 16.0 Å². The van der Waals surface area contributed by atoms with E-state index in [4.69, 9.17) is 0 Å². The van der Waals surface area contributed by atoms with Crippen molar-refractivity contribution in [1.82, 2.24) is 5.32 Å². The molecule has 0 aromatic heterocycles. The van der Waals surface area contributed by atoms with Gasteiger partial charge in [0.1, 0.15) is 5.70 Å². The fourth-order valence-electron chi connectivity index (χ4n) is 3.81. The maximum atomic E-state index is 13.2. The van der Waals surface area contributed by atoms with Crippen LogP contribution in [-0.2, 0) is 15.8 Å². The zero-order valence-electron chi connectivity index (χ0n) is 22.6. The van der Waals surface area contributed by atoms with Crippen LogP contribution in [-0.4, -0.2) is 28.4 Å². The van der Waals surface area contributed by atoms with E-state index < -0.39 is 34.4 Å². The monoisotopic (exact) mass is 620 g/mol. The molecule has 0 bridgehead atoms. The quantitative estimate of drug-likeness (QED) is 0.0778. The third-order valence-electron chi connectivity index (χ3n) is 5.93. The molecular formula is C31H23F3N4O5S. The van der Waals surface area contributed by atoms with Crippen LogP contribution in [0, 0.1) is 10.1 Å². The Hall–Kier alpha value is -5.43. The van der Waals surface area contributed by atoms with Gasteiger partial charge in [-0.3, -0.25) is 24.5 Å². The fraction of sp³-hybridized carbons (Fsp3) is 0.0645. The number of hydrogen-bond donors (Lipinski definition) is 3. The molecule has 4 rings (SSSR count). The first-order valence-electron chi connectivity index (χ1n) is 12.8. The van der Waals surface area contributed by atoms with Crippen molar-refractivity contribution in [1.29, 1.82) is 0 Å². The number of carbonyl (C=O) groups excluding carboxylic acids is 3. The summed E-state index contributed by atoms with van der Waals surface area (Å²) in [6, 6.07) is 24.6. The average Bonchev–Trinajstić information content (AvgIpc) is 3.00. The number of carbonyl (C=O) groups is 3.